The standard InChI is InChI=1S/C16H19N3O2/c1-10-8-12(19-17)4-6-14(10)16(20)18-15-7-5-13(21-3)9-11(15)2/h4-9,19H,17H2,1-3H3,(H,18,20). The fourth-order valence-corrected chi connectivity index (χ4v) is 2.10. The molecule has 0 aliphatic rings. The first-order valence-electron chi connectivity index (χ1n) is 6.58. The molecule has 0 atom stereocenters. The summed E-state index contributed by atoms with van der Waals surface area (Å²) in [6.45, 7) is 3.79. The largest absolute Gasteiger partial charge is 0.497 e. The predicted octanol–water partition coefficient (Wildman–Crippen LogP) is 2.85. The van der Waals surface area contributed by atoms with Gasteiger partial charge in [-0.1, -0.05) is 0 Å². The van der Waals surface area contributed by atoms with Crippen molar-refractivity contribution in [2.75, 3.05) is 17.9 Å². The lowest BCUT2D eigenvalue weighted by atomic mass is 10.1. The molecule has 21 heavy (non-hydrogen) atoms. The van der Waals surface area contributed by atoms with E-state index in [2.05, 4.69) is 10.7 Å². The Kier molecular flexibility index (Phi) is 4.45. The second kappa shape index (κ2) is 6.28. The summed E-state index contributed by atoms with van der Waals surface area (Å²) in [6, 6.07) is 10.9. The molecule has 0 radical (unpaired) electrons. The van der Waals surface area contributed by atoms with Crippen LogP contribution in [0.5, 0.6) is 5.75 Å². The highest BCUT2D eigenvalue weighted by molar-refractivity contribution is 6.05. The monoisotopic (exact) mass is 285 g/mol. The van der Waals surface area contributed by atoms with E-state index in [0.717, 1.165) is 28.3 Å². The second-order valence-corrected chi connectivity index (χ2v) is 4.81. The molecule has 2 rings (SSSR count). The predicted molar refractivity (Wildman–Crippen MR) is 84.7 cm³/mol. The smallest absolute Gasteiger partial charge is 0.255 e. The average molecular weight is 285 g/mol. The van der Waals surface area contributed by atoms with Crippen LogP contribution in [0, 0.1) is 13.8 Å². The molecule has 5 heteroatoms. The molecule has 5 nitrogen and oxygen atoms in total. The van der Waals surface area contributed by atoms with Crippen molar-refractivity contribution in [3.63, 3.8) is 0 Å². The van der Waals surface area contributed by atoms with Crippen molar-refractivity contribution in [1.29, 1.82) is 0 Å². The number of methoxy groups -OCH3 is 1. The highest BCUT2D eigenvalue weighted by Gasteiger charge is 2.11. The summed E-state index contributed by atoms with van der Waals surface area (Å²) in [5.74, 6) is 5.97. The van der Waals surface area contributed by atoms with Crippen molar-refractivity contribution in [2.45, 2.75) is 13.8 Å². The third-order valence-corrected chi connectivity index (χ3v) is 3.32. The van der Waals surface area contributed by atoms with E-state index in [0.29, 0.717) is 5.56 Å². The quantitative estimate of drug-likeness (QED) is 0.596. The van der Waals surface area contributed by atoms with Gasteiger partial charge in [0.15, 0.2) is 0 Å². The van der Waals surface area contributed by atoms with Crippen LogP contribution in [-0.2, 0) is 0 Å². The van der Waals surface area contributed by atoms with Crippen LogP contribution in [0.15, 0.2) is 36.4 Å². The van der Waals surface area contributed by atoms with E-state index in [-0.39, 0.29) is 5.91 Å². The summed E-state index contributed by atoms with van der Waals surface area (Å²) >= 11 is 0. The summed E-state index contributed by atoms with van der Waals surface area (Å²) in [7, 11) is 1.61. The lowest BCUT2D eigenvalue weighted by Crippen LogP contribution is -2.15. The molecule has 110 valence electrons. The van der Waals surface area contributed by atoms with Crippen molar-refractivity contribution >= 4 is 17.3 Å². The number of ether oxygens (including phenoxy) is 1. The number of rotatable bonds is 4. The average Bonchev–Trinajstić information content (AvgIpc) is 2.48. The maximum atomic E-state index is 12.3. The number of anilines is 2. The molecule has 0 unspecified atom stereocenters. The Bertz CT molecular complexity index is 669. The van der Waals surface area contributed by atoms with Crippen LogP contribution in [0.1, 0.15) is 21.5 Å². The third-order valence-electron chi connectivity index (χ3n) is 3.32. The second-order valence-electron chi connectivity index (χ2n) is 4.81. The molecule has 2 aromatic rings. The van der Waals surface area contributed by atoms with Crippen LogP contribution < -0.4 is 21.3 Å². The number of nitrogens with two attached hydrogens (primary N) is 1. The number of carbonyl (C=O) groups is 1. The van der Waals surface area contributed by atoms with Crippen LogP contribution in [-0.4, -0.2) is 13.0 Å². The molecule has 4 N–H and O–H groups in total. The highest BCUT2D eigenvalue weighted by atomic mass is 16.5. The SMILES string of the molecule is COc1ccc(NC(=O)c2ccc(NN)cc2C)c(C)c1. The van der Waals surface area contributed by atoms with Crippen molar-refractivity contribution in [3.05, 3.63) is 53.1 Å². The van der Waals surface area contributed by atoms with E-state index in [9.17, 15) is 4.79 Å². The van der Waals surface area contributed by atoms with Crippen molar-refractivity contribution in [3.8, 4) is 5.75 Å². The Hall–Kier alpha value is -2.53. The minimum Gasteiger partial charge on any atom is -0.497 e. The zero-order valence-corrected chi connectivity index (χ0v) is 12.4. The first-order chi connectivity index (χ1) is 10.0. The maximum absolute atomic E-state index is 12.3. The number of hydrogen-bond acceptors (Lipinski definition) is 4. The number of hydrogen-bond donors (Lipinski definition) is 3. The summed E-state index contributed by atoms with van der Waals surface area (Å²) < 4.78 is 5.15. The van der Waals surface area contributed by atoms with E-state index >= 15 is 0 Å². The molecular weight excluding hydrogens is 266 g/mol. The topological polar surface area (TPSA) is 76.4 Å². The number of benzene rings is 2. The zero-order chi connectivity index (χ0) is 15.4. The number of nitrogens with one attached hydrogen (secondary N) is 2. The van der Waals surface area contributed by atoms with Gasteiger partial charge in [0.2, 0.25) is 0 Å². The van der Waals surface area contributed by atoms with Gasteiger partial charge in [-0.05, 0) is 61.4 Å². The lowest BCUT2D eigenvalue weighted by Gasteiger charge is -2.12. The van der Waals surface area contributed by atoms with E-state index < -0.39 is 0 Å². The molecule has 0 spiro atoms. The van der Waals surface area contributed by atoms with Gasteiger partial charge in [0, 0.05) is 16.9 Å². The summed E-state index contributed by atoms with van der Waals surface area (Å²) in [5.41, 5.74) is 6.51. The van der Waals surface area contributed by atoms with Crippen LogP contribution in [0.4, 0.5) is 11.4 Å². The highest BCUT2D eigenvalue weighted by Crippen LogP contribution is 2.22. The van der Waals surface area contributed by atoms with E-state index in [1.807, 2.05) is 38.1 Å². The third kappa shape index (κ3) is 3.32. The van der Waals surface area contributed by atoms with Gasteiger partial charge in [0.05, 0.1) is 7.11 Å². The number of amides is 1. The van der Waals surface area contributed by atoms with Gasteiger partial charge in [-0.25, -0.2) is 0 Å². The van der Waals surface area contributed by atoms with Crippen molar-refractivity contribution in [2.24, 2.45) is 5.84 Å². The van der Waals surface area contributed by atoms with E-state index in [4.69, 9.17) is 10.6 Å². The molecule has 0 saturated heterocycles. The summed E-state index contributed by atoms with van der Waals surface area (Å²) in [4.78, 5) is 12.3. The number of carbonyl (C=O) groups excluding carboxylic acids is 1. The molecule has 0 aliphatic heterocycles. The molecule has 0 heterocycles. The molecule has 0 fully saturated rings. The Morgan fingerprint density at radius 3 is 2.43 bits per heavy atom. The number of aryl methyl sites for hydroxylation is 2. The van der Waals surface area contributed by atoms with Crippen LogP contribution in [0.25, 0.3) is 0 Å². The lowest BCUT2D eigenvalue weighted by molar-refractivity contribution is 0.102. The molecule has 0 saturated carbocycles. The Labute approximate surface area is 124 Å². The number of nitrogen functional groups attached to an aromatic ring is 1. The summed E-state index contributed by atoms with van der Waals surface area (Å²) in [5, 5.41) is 2.91. The van der Waals surface area contributed by atoms with Gasteiger partial charge in [-0.3, -0.25) is 10.6 Å². The molecule has 0 bridgehead atoms. The molecule has 0 aromatic heterocycles. The van der Waals surface area contributed by atoms with Crippen LogP contribution in [0.3, 0.4) is 0 Å². The molecule has 0 aliphatic carbocycles. The Morgan fingerprint density at radius 1 is 1.10 bits per heavy atom. The number of hydrazine groups is 1. The van der Waals surface area contributed by atoms with Crippen LogP contribution in [0.2, 0.25) is 0 Å². The van der Waals surface area contributed by atoms with Crippen molar-refractivity contribution in [1.82, 2.24) is 0 Å². The first-order valence-corrected chi connectivity index (χ1v) is 6.58. The van der Waals surface area contributed by atoms with Gasteiger partial charge in [-0.15, -0.1) is 0 Å². The fraction of sp³-hybridized carbons (Fsp3) is 0.188. The minimum atomic E-state index is -0.149. The molecular formula is C16H19N3O2. The van der Waals surface area contributed by atoms with Gasteiger partial charge in [-0.2, -0.15) is 0 Å². The first kappa shape index (κ1) is 14.9. The summed E-state index contributed by atoms with van der Waals surface area (Å²) in [6.07, 6.45) is 0. The molecule has 1 amide bonds. The fourth-order valence-electron chi connectivity index (χ4n) is 2.10. The zero-order valence-electron chi connectivity index (χ0n) is 12.4. The Morgan fingerprint density at radius 2 is 1.86 bits per heavy atom. The van der Waals surface area contributed by atoms with Crippen molar-refractivity contribution < 1.29 is 9.53 Å². The molecule has 2 aromatic carbocycles. The van der Waals surface area contributed by atoms with Gasteiger partial charge >= 0.3 is 0 Å². The van der Waals surface area contributed by atoms with E-state index in [1.54, 1.807) is 19.2 Å². The van der Waals surface area contributed by atoms with Gasteiger partial charge in [0.1, 0.15) is 5.75 Å². The maximum Gasteiger partial charge on any atom is 0.255 e. The normalized spacial score (nSPS) is 10.1. The van der Waals surface area contributed by atoms with Gasteiger partial charge < -0.3 is 15.5 Å². The van der Waals surface area contributed by atoms with Crippen LogP contribution >= 0.6 is 0 Å². The van der Waals surface area contributed by atoms with E-state index in [1.165, 1.54) is 0 Å². The Balaban J connectivity index is 2.22. The van der Waals surface area contributed by atoms with Gasteiger partial charge in [0.25, 0.3) is 5.91 Å². The minimum absolute atomic E-state index is 0.149.